The molecule has 4 aromatic rings. The van der Waals surface area contributed by atoms with E-state index in [4.69, 9.17) is 4.74 Å². The number of pyridine rings is 2. The first-order valence-electron chi connectivity index (χ1n) is 13.8. The number of aryl methyl sites for hydroxylation is 1. The first kappa shape index (κ1) is 29.7. The molecule has 1 amide bonds. The number of H-pyrrole nitrogens is 1. The van der Waals surface area contributed by atoms with Crippen molar-refractivity contribution in [2.45, 2.75) is 18.3 Å². The molecule has 2 aromatic heterocycles. The normalized spacial score (nSPS) is 18.1. The molecule has 234 valence electrons. The van der Waals surface area contributed by atoms with Crippen molar-refractivity contribution in [3.05, 3.63) is 102 Å². The standard InChI is InChI=1S/C32H19BrN4O10/c1-47-17-8-16(38)19-20(24(17)39)26(41)22-21(25(19)40)28(43)32(29(22)44)4-2-11-6-12-7-13(36-31(46)18(12)27(42)23(11)32)9-35-37-30(45)14-3-5-34-10-15(14)33/h3,5-10,40-42H,2,4H2,1H3,(H,36,46)(H,37,45)/b35-9+/t32-/m0/s1. The molecule has 0 radical (unpaired) electrons. The zero-order valence-corrected chi connectivity index (χ0v) is 25.5. The lowest BCUT2D eigenvalue weighted by atomic mass is 9.76. The smallest absolute Gasteiger partial charge is 0.272 e. The number of hydrogen-bond acceptors (Lipinski definition) is 12. The highest BCUT2D eigenvalue weighted by Gasteiger charge is 2.61. The number of aromatic nitrogens is 2. The fourth-order valence-electron chi connectivity index (χ4n) is 6.61. The Balaban J connectivity index is 1.31. The Kier molecular flexibility index (Phi) is 6.50. The fraction of sp³-hybridized carbons (Fsp3) is 0.125. The first-order valence-corrected chi connectivity index (χ1v) is 14.6. The summed E-state index contributed by atoms with van der Waals surface area (Å²) in [5, 5.41) is 37.6. The number of nitrogens with one attached hydrogen (secondary N) is 2. The molecule has 1 atom stereocenters. The van der Waals surface area contributed by atoms with Crippen molar-refractivity contribution in [1.29, 1.82) is 0 Å². The molecular weight excluding hydrogens is 680 g/mol. The van der Waals surface area contributed by atoms with Crippen LogP contribution in [0.4, 0.5) is 0 Å². The lowest BCUT2D eigenvalue weighted by molar-refractivity contribution is 0.0790. The van der Waals surface area contributed by atoms with Crippen LogP contribution >= 0.6 is 15.9 Å². The Bertz CT molecular complexity index is 2340. The van der Waals surface area contributed by atoms with E-state index in [9.17, 15) is 44.1 Å². The van der Waals surface area contributed by atoms with Crippen LogP contribution in [0.5, 0.6) is 17.2 Å². The third kappa shape index (κ3) is 3.95. The second-order valence-electron chi connectivity index (χ2n) is 11.0. The average molecular weight is 699 g/mol. The Morgan fingerprint density at radius 2 is 1.74 bits per heavy atom. The van der Waals surface area contributed by atoms with Gasteiger partial charge in [-0.3, -0.25) is 33.8 Å². The van der Waals surface area contributed by atoms with Crippen LogP contribution in [0.25, 0.3) is 10.8 Å². The van der Waals surface area contributed by atoms with Gasteiger partial charge in [0.25, 0.3) is 11.5 Å². The Labute approximate surface area is 270 Å². The van der Waals surface area contributed by atoms with Crippen LogP contribution in [0.2, 0.25) is 0 Å². The van der Waals surface area contributed by atoms with E-state index in [2.05, 4.69) is 36.4 Å². The van der Waals surface area contributed by atoms with Crippen molar-refractivity contribution in [2.24, 2.45) is 5.10 Å². The third-order valence-electron chi connectivity index (χ3n) is 8.65. The molecule has 0 fully saturated rings. The zero-order chi connectivity index (χ0) is 33.5. The van der Waals surface area contributed by atoms with E-state index >= 15 is 0 Å². The van der Waals surface area contributed by atoms with Crippen LogP contribution in [-0.2, 0) is 16.6 Å². The van der Waals surface area contributed by atoms with Crippen LogP contribution in [-0.4, -0.2) is 67.7 Å². The summed E-state index contributed by atoms with van der Waals surface area (Å²) in [5.41, 5.74) is -2.69. The molecule has 1 spiro atoms. The first-order chi connectivity index (χ1) is 22.4. The second kappa shape index (κ2) is 10.3. The zero-order valence-electron chi connectivity index (χ0n) is 23.9. The number of amides is 1. The van der Waals surface area contributed by atoms with E-state index in [0.717, 1.165) is 13.2 Å². The molecule has 3 aliphatic rings. The molecule has 7 rings (SSSR count). The highest BCUT2D eigenvalue weighted by atomic mass is 79.9. The molecule has 3 aliphatic carbocycles. The summed E-state index contributed by atoms with van der Waals surface area (Å²) in [7, 11) is 1.12. The predicted molar refractivity (Wildman–Crippen MR) is 165 cm³/mol. The monoisotopic (exact) mass is 698 g/mol. The molecule has 2 heterocycles. The summed E-state index contributed by atoms with van der Waals surface area (Å²) in [6.45, 7) is 0. The maximum Gasteiger partial charge on any atom is 0.272 e. The number of fused-ring (bicyclic) bond motifs is 5. The van der Waals surface area contributed by atoms with E-state index < -0.39 is 85.3 Å². The number of aromatic hydroxyl groups is 3. The van der Waals surface area contributed by atoms with Crippen molar-refractivity contribution in [2.75, 3.05) is 7.11 Å². The number of halogens is 1. The fourth-order valence-corrected chi connectivity index (χ4v) is 7.04. The Morgan fingerprint density at radius 3 is 2.43 bits per heavy atom. The molecule has 0 saturated heterocycles. The number of allylic oxidation sites excluding steroid dienone is 2. The van der Waals surface area contributed by atoms with Gasteiger partial charge in [-0.05, 0) is 51.9 Å². The molecular formula is C32H19BrN4O10. The molecule has 47 heavy (non-hydrogen) atoms. The van der Waals surface area contributed by atoms with Crippen LogP contribution in [0.3, 0.4) is 0 Å². The summed E-state index contributed by atoms with van der Waals surface area (Å²) >= 11 is 3.22. The average Bonchev–Trinajstić information content (AvgIpc) is 3.53. The number of rotatable bonds is 4. The minimum Gasteiger partial charge on any atom is -0.507 e. The van der Waals surface area contributed by atoms with Crippen LogP contribution in [0, 0.1) is 0 Å². The maximum atomic E-state index is 14.1. The van der Waals surface area contributed by atoms with Gasteiger partial charge in [0.15, 0.2) is 23.1 Å². The Hall–Kier alpha value is -5.96. The topological polar surface area (TPSA) is 225 Å². The number of hydrogen-bond donors (Lipinski definition) is 5. The molecule has 2 aromatic carbocycles. The number of ketones is 4. The molecule has 0 unspecified atom stereocenters. The van der Waals surface area contributed by atoms with E-state index in [1.54, 1.807) is 0 Å². The summed E-state index contributed by atoms with van der Waals surface area (Å²) in [5.74, 6) is -7.48. The van der Waals surface area contributed by atoms with Gasteiger partial charge in [-0.1, -0.05) is 6.07 Å². The van der Waals surface area contributed by atoms with Crippen LogP contribution < -0.4 is 11.0 Å². The highest BCUT2D eigenvalue weighted by molar-refractivity contribution is 9.10. The minimum atomic E-state index is -2.16. The van der Waals surface area contributed by atoms with E-state index in [1.165, 1.54) is 36.8 Å². The summed E-state index contributed by atoms with van der Waals surface area (Å²) < 4.78 is 5.36. The van der Waals surface area contributed by atoms with Crippen molar-refractivity contribution in [1.82, 2.24) is 15.4 Å². The summed E-state index contributed by atoms with van der Waals surface area (Å²) in [4.78, 5) is 86.1. The molecule has 0 aliphatic heterocycles. The van der Waals surface area contributed by atoms with Crippen molar-refractivity contribution >= 4 is 62.0 Å². The van der Waals surface area contributed by atoms with Gasteiger partial charge in [-0.15, -0.1) is 0 Å². The van der Waals surface area contributed by atoms with E-state index in [-0.39, 0.29) is 40.4 Å². The molecule has 14 nitrogen and oxygen atoms in total. The van der Waals surface area contributed by atoms with Crippen LogP contribution in [0.1, 0.15) is 75.0 Å². The van der Waals surface area contributed by atoms with Gasteiger partial charge in [0.2, 0.25) is 5.78 Å². The summed E-state index contributed by atoms with van der Waals surface area (Å²) in [6.07, 6.45) is 4.73. The van der Waals surface area contributed by atoms with Crippen molar-refractivity contribution in [3.63, 3.8) is 0 Å². The number of aromatic amines is 1. The number of methoxy groups -OCH3 is 1. The molecule has 15 heteroatoms. The SMILES string of the molecule is COC1=CC(=O)c2c(O)c3c(c(O)c2C1=O)C(=O)[C@]1(CCc2cc4cc(/C=N/NC(=O)c5ccncc5Br)[nH]c(=O)c4c(O)c21)C3=O. The number of Topliss-reactive ketones (excluding diaryl/α,β-unsaturated/α-hetero) is 3. The third-order valence-corrected chi connectivity index (χ3v) is 9.28. The second-order valence-corrected chi connectivity index (χ2v) is 11.9. The van der Waals surface area contributed by atoms with Gasteiger partial charge in [0.1, 0.15) is 22.7 Å². The number of carbonyl (C=O) groups excluding carboxylic acids is 5. The van der Waals surface area contributed by atoms with Gasteiger partial charge < -0.3 is 25.0 Å². The number of ether oxygens (including phenoxy) is 1. The number of benzene rings is 2. The Morgan fingerprint density at radius 1 is 1.04 bits per heavy atom. The largest absolute Gasteiger partial charge is 0.507 e. The van der Waals surface area contributed by atoms with Crippen molar-refractivity contribution < 1.29 is 44.0 Å². The lowest BCUT2D eigenvalue weighted by Crippen LogP contribution is -2.36. The predicted octanol–water partition coefficient (Wildman–Crippen LogP) is 2.74. The van der Waals surface area contributed by atoms with Crippen molar-refractivity contribution in [3.8, 4) is 17.2 Å². The molecule has 0 saturated carbocycles. The van der Waals surface area contributed by atoms with Gasteiger partial charge in [-0.2, -0.15) is 5.10 Å². The van der Waals surface area contributed by atoms with Crippen LogP contribution in [0.15, 0.2) is 56.8 Å². The minimum absolute atomic E-state index is 0.0753. The van der Waals surface area contributed by atoms with Gasteiger partial charge in [0.05, 0.1) is 52.2 Å². The maximum absolute atomic E-state index is 14.1. The molecule has 0 bridgehead atoms. The molecule has 5 N–H and O–H groups in total. The quantitative estimate of drug-likeness (QED) is 0.0901. The number of phenolic OH excluding ortho intramolecular Hbond substituents is 3. The number of carbonyl (C=O) groups is 5. The lowest BCUT2D eigenvalue weighted by Gasteiger charge is -2.22. The number of hydrazone groups is 1. The van der Waals surface area contributed by atoms with E-state index in [1.807, 2.05) is 0 Å². The van der Waals surface area contributed by atoms with Gasteiger partial charge in [-0.25, -0.2) is 5.43 Å². The van der Waals surface area contributed by atoms with Gasteiger partial charge in [0, 0.05) is 28.5 Å². The van der Waals surface area contributed by atoms with Gasteiger partial charge >= 0.3 is 0 Å². The number of phenols is 3. The van der Waals surface area contributed by atoms with E-state index in [0.29, 0.717) is 10.0 Å². The summed E-state index contributed by atoms with van der Waals surface area (Å²) in [6, 6.07) is 4.47. The number of nitrogens with zero attached hydrogens (tertiary/aromatic N) is 2. The highest BCUT2D eigenvalue weighted by Crippen LogP contribution is 2.57.